The number of benzene rings is 1. The van der Waals surface area contributed by atoms with Gasteiger partial charge in [-0.25, -0.2) is 0 Å². The molecular formula is C16H21NO5. The number of carbonyl (C=O) groups is 2. The summed E-state index contributed by atoms with van der Waals surface area (Å²) in [5.74, 6) is 0.443. The molecule has 6 nitrogen and oxygen atoms in total. The van der Waals surface area contributed by atoms with Gasteiger partial charge in [-0.15, -0.1) is 0 Å². The molecule has 1 heterocycles. The molecule has 0 spiro atoms. The molecule has 0 aromatic heterocycles. The molecular weight excluding hydrogens is 286 g/mol. The highest BCUT2D eigenvalue weighted by atomic mass is 16.5. The molecule has 0 bridgehead atoms. The van der Waals surface area contributed by atoms with E-state index in [1.165, 1.54) is 21.3 Å². The van der Waals surface area contributed by atoms with Crippen LogP contribution in [0.2, 0.25) is 0 Å². The number of nitrogens with zero attached hydrogens (tertiary/aromatic N) is 1. The van der Waals surface area contributed by atoms with Crippen molar-refractivity contribution in [1.82, 2.24) is 4.90 Å². The van der Waals surface area contributed by atoms with Crippen molar-refractivity contribution < 1.29 is 23.8 Å². The Hall–Kier alpha value is -2.24. The molecule has 1 aromatic carbocycles. The van der Waals surface area contributed by atoms with Gasteiger partial charge in [0.1, 0.15) is 17.1 Å². The second kappa shape index (κ2) is 7.15. The number of methoxy groups -OCH3 is 3. The van der Waals surface area contributed by atoms with Crippen molar-refractivity contribution in [1.29, 1.82) is 0 Å². The molecule has 0 unspecified atom stereocenters. The lowest BCUT2D eigenvalue weighted by Gasteiger charge is -2.25. The maximum absolute atomic E-state index is 12.9. The van der Waals surface area contributed by atoms with E-state index in [0.29, 0.717) is 23.6 Å². The molecule has 22 heavy (non-hydrogen) atoms. The fourth-order valence-corrected chi connectivity index (χ4v) is 2.80. The Bertz CT molecular complexity index is 535. The number of amides is 1. The molecule has 2 rings (SSSR count). The van der Waals surface area contributed by atoms with Gasteiger partial charge in [0.15, 0.2) is 0 Å². The van der Waals surface area contributed by atoms with Gasteiger partial charge in [0, 0.05) is 12.6 Å². The van der Waals surface area contributed by atoms with Crippen LogP contribution in [0.4, 0.5) is 0 Å². The quantitative estimate of drug-likeness (QED) is 0.777. The van der Waals surface area contributed by atoms with Gasteiger partial charge < -0.3 is 19.1 Å². The molecule has 1 aliphatic rings. The van der Waals surface area contributed by atoms with Gasteiger partial charge in [-0.3, -0.25) is 9.59 Å². The number of likely N-dealkylation sites (tertiary alicyclic amines) is 1. The van der Waals surface area contributed by atoms with E-state index >= 15 is 0 Å². The Balaban J connectivity index is 2.29. The monoisotopic (exact) mass is 307 g/mol. The van der Waals surface area contributed by atoms with Crippen LogP contribution in [-0.2, 0) is 9.53 Å². The topological polar surface area (TPSA) is 65.1 Å². The highest BCUT2D eigenvalue weighted by molar-refractivity contribution is 6.00. The van der Waals surface area contributed by atoms with Crippen LogP contribution >= 0.6 is 0 Å². The van der Waals surface area contributed by atoms with E-state index in [1.54, 1.807) is 23.1 Å². The number of esters is 1. The predicted molar refractivity (Wildman–Crippen MR) is 80.2 cm³/mol. The summed E-state index contributed by atoms with van der Waals surface area (Å²) in [6, 6.07) is 5.07. The Labute approximate surface area is 129 Å². The molecule has 1 aliphatic heterocycles. The molecule has 1 amide bonds. The summed E-state index contributed by atoms with van der Waals surface area (Å²) in [6.45, 7) is 0.613. The maximum Gasteiger partial charge on any atom is 0.307 e. The minimum absolute atomic E-state index is 0.144. The van der Waals surface area contributed by atoms with Gasteiger partial charge in [0.2, 0.25) is 0 Å². The third-order valence-electron chi connectivity index (χ3n) is 3.91. The molecule has 0 aliphatic carbocycles. The van der Waals surface area contributed by atoms with E-state index in [0.717, 1.165) is 12.8 Å². The number of hydrogen-bond acceptors (Lipinski definition) is 5. The first-order valence-corrected chi connectivity index (χ1v) is 7.21. The van der Waals surface area contributed by atoms with Crippen LogP contribution in [0.3, 0.4) is 0 Å². The van der Waals surface area contributed by atoms with Gasteiger partial charge >= 0.3 is 5.97 Å². The van der Waals surface area contributed by atoms with Crippen LogP contribution in [0.5, 0.6) is 11.5 Å². The van der Waals surface area contributed by atoms with Gasteiger partial charge in [0.05, 0.1) is 27.8 Å². The first kappa shape index (κ1) is 16.1. The average molecular weight is 307 g/mol. The lowest BCUT2D eigenvalue weighted by atomic mass is 10.1. The van der Waals surface area contributed by atoms with E-state index in [-0.39, 0.29) is 24.3 Å². The SMILES string of the molecule is COC(=O)C[C@@H]1CCCN1C(=O)c1c(OC)cccc1OC. The second-order valence-electron chi connectivity index (χ2n) is 5.11. The van der Waals surface area contributed by atoms with Crippen LogP contribution in [0.1, 0.15) is 29.6 Å². The van der Waals surface area contributed by atoms with Gasteiger partial charge in [0.25, 0.3) is 5.91 Å². The largest absolute Gasteiger partial charge is 0.496 e. The van der Waals surface area contributed by atoms with E-state index in [1.807, 2.05) is 0 Å². The Morgan fingerprint density at radius 3 is 2.36 bits per heavy atom. The number of rotatable bonds is 5. The minimum atomic E-state index is -0.309. The zero-order valence-electron chi connectivity index (χ0n) is 13.1. The standard InChI is InChI=1S/C16H21NO5/c1-20-12-7-4-8-13(21-2)15(12)16(19)17-9-5-6-11(17)10-14(18)22-3/h4,7-8,11H,5-6,9-10H2,1-3H3/t11-/m0/s1. The van der Waals surface area contributed by atoms with E-state index in [4.69, 9.17) is 14.2 Å². The summed E-state index contributed by atoms with van der Waals surface area (Å²) in [6.07, 6.45) is 1.86. The molecule has 6 heteroatoms. The molecule has 120 valence electrons. The Kier molecular flexibility index (Phi) is 5.25. The lowest BCUT2D eigenvalue weighted by Crippen LogP contribution is -2.37. The minimum Gasteiger partial charge on any atom is -0.496 e. The molecule has 1 aromatic rings. The lowest BCUT2D eigenvalue weighted by molar-refractivity contribution is -0.141. The van der Waals surface area contributed by atoms with Crippen molar-refractivity contribution in [3.05, 3.63) is 23.8 Å². The van der Waals surface area contributed by atoms with Crippen molar-refractivity contribution in [2.75, 3.05) is 27.9 Å². The third-order valence-corrected chi connectivity index (χ3v) is 3.91. The summed E-state index contributed by atoms with van der Waals surface area (Å²) < 4.78 is 15.3. The molecule has 0 saturated carbocycles. The second-order valence-corrected chi connectivity index (χ2v) is 5.11. The van der Waals surface area contributed by atoms with E-state index in [9.17, 15) is 9.59 Å². The van der Waals surface area contributed by atoms with E-state index < -0.39 is 0 Å². The third kappa shape index (κ3) is 3.16. The normalized spacial score (nSPS) is 17.2. The Morgan fingerprint density at radius 2 is 1.82 bits per heavy atom. The zero-order valence-corrected chi connectivity index (χ0v) is 13.1. The van der Waals surface area contributed by atoms with Crippen molar-refractivity contribution in [3.63, 3.8) is 0 Å². The first-order valence-electron chi connectivity index (χ1n) is 7.21. The number of ether oxygens (including phenoxy) is 3. The van der Waals surface area contributed by atoms with Crippen LogP contribution in [0, 0.1) is 0 Å². The highest BCUT2D eigenvalue weighted by Crippen LogP contribution is 2.32. The summed E-state index contributed by atoms with van der Waals surface area (Å²) in [4.78, 5) is 26.1. The fraction of sp³-hybridized carbons (Fsp3) is 0.500. The van der Waals surface area contributed by atoms with Crippen LogP contribution < -0.4 is 9.47 Å². The van der Waals surface area contributed by atoms with Crippen LogP contribution in [0.25, 0.3) is 0 Å². The van der Waals surface area contributed by atoms with Crippen LogP contribution in [-0.4, -0.2) is 50.7 Å². The molecule has 0 N–H and O–H groups in total. The van der Waals surface area contributed by atoms with Gasteiger partial charge in [-0.05, 0) is 25.0 Å². The maximum atomic E-state index is 12.9. The summed E-state index contributed by atoms with van der Waals surface area (Å²) in [7, 11) is 4.38. The molecule has 1 atom stereocenters. The smallest absolute Gasteiger partial charge is 0.307 e. The Morgan fingerprint density at radius 1 is 1.18 bits per heavy atom. The van der Waals surface area contributed by atoms with E-state index in [2.05, 4.69) is 0 Å². The summed E-state index contributed by atoms with van der Waals surface area (Å²) in [5.41, 5.74) is 0.393. The van der Waals surface area contributed by atoms with Crippen LogP contribution in [0.15, 0.2) is 18.2 Å². The predicted octanol–water partition coefficient (Wildman–Crippen LogP) is 1.87. The molecule has 0 radical (unpaired) electrons. The van der Waals surface area contributed by atoms with Gasteiger partial charge in [-0.1, -0.05) is 6.07 Å². The first-order chi connectivity index (χ1) is 10.6. The van der Waals surface area contributed by atoms with Gasteiger partial charge in [-0.2, -0.15) is 0 Å². The molecule has 1 saturated heterocycles. The number of carbonyl (C=O) groups excluding carboxylic acids is 2. The van der Waals surface area contributed by atoms with Crippen molar-refractivity contribution >= 4 is 11.9 Å². The average Bonchev–Trinajstić information content (AvgIpc) is 3.01. The van der Waals surface area contributed by atoms with Crippen molar-refractivity contribution in [3.8, 4) is 11.5 Å². The zero-order chi connectivity index (χ0) is 16.1. The summed E-state index contributed by atoms with van der Waals surface area (Å²) >= 11 is 0. The van der Waals surface area contributed by atoms with Crippen molar-refractivity contribution in [2.45, 2.75) is 25.3 Å². The number of hydrogen-bond donors (Lipinski definition) is 0. The fourth-order valence-electron chi connectivity index (χ4n) is 2.80. The summed E-state index contributed by atoms with van der Waals surface area (Å²) in [5, 5.41) is 0. The van der Waals surface area contributed by atoms with Crippen molar-refractivity contribution in [2.24, 2.45) is 0 Å². The highest BCUT2D eigenvalue weighted by Gasteiger charge is 2.34. The molecule has 1 fully saturated rings.